The Kier molecular flexibility index (Phi) is 3.84. The highest BCUT2D eigenvalue weighted by Crippen LogP contribution is 2.58. The highest BCUT2D eigenvalue weighted by atomic mass is 16.7. The largest absolute Gasteiger partial charge is 0.498 e. The Morgan fingerprint density at radius 3 is 1.88 bits per heavy atom. The topological polar surface area (TPSA) is 36.9 Å². The summed E-state index contributed by atoms with van der Waals surface area (Å²) in [6.45, 7) is 12.8. The van der Waals surface area contributed by atoms with E-state index < -0.39 is 18.3 Å². The number of rotatable bonds is 1. The van der Waals surface area contributed by atoms with E-state index in [1.807, 2.05) is 24.3 Å². The van der Waals surface area contributed by atoms with Crippen LogP contribution in [0.15, 0.2) is 54.6 Å². The van der Waals surface area contributed by atoms with E-state index in [2.05, 4.69) is 71.9 Å². The first-order valence-corrected chi connectivity index (χ1v) is 11.2. The van der Waals surface area contributed by atoms with Gasteiger partial charge in [0.15, 0.2) is 23.0 Å². The second kappa shape index (κ2) is 6.18. The van der Waals surface area contributed by atoms with Crippen LogP contribution in [-0.4, -0.2) is 18.3 Å². The highest BCUT2D eigenvalue weighted by molar-refractivity contribution is 6.63. The van der Waals surface area contributed by atoms with Gasteiger partial charge in [-0.3, -0.25) is 0 Å². The quantitative estimate of drug-likeness (QED) is 0.340. The molecular formula is C27H27BO4. The van der Waals surface area contributed by atoms with Gasteiger partial charge in [-0.25, -0.2) is 0 Å². The Morgan fingerprint density at radius 2 is 1.22 bits per heavy atom. The minimum absolute atomic E-state index is 0.181. The first-order valence-electron chi connectivity index (χ1n) is 11.2. The van der Waals surface area contributed by atoms with Gasteiger partial charge < -0.3 is 18.8 Å². The van der Waals surface area contributed by atoms with Crippen LogP contribution >= 0.6 is 0 Å². The number of benzene rings is 3. The molecule has 0 unspecified atom stereocenters. The predicted molar refractivity (Wildman–Crippen MR) is 126 cm³/mol. The molecule has 3 aliphatic rings. The molecule has 1 aliphatic carbocycles. The van der Waals surface area contributed by atoms with Gasteiger partial charge in [0, 0.05) is 16.4 Å². The first kappa shape index (κ1) is 19.9. The van der Waals surface area contributed by atoms with Crippen LogP contribution in [0.4, 0.5) is 0 Å². The van der Waals surface area contributed by atoms with E-state index in [9.17, 15) is 0 Å². The molecule has 3 aromatic rings. The summed E-state index contributed by atoms with van der Waals surface area (Å²) in [5.41, 5.74) is 4.55. The third-order valence-electron chi connectivity index (χ3n) is 7.59. The van der Waals surface area contributed by atoms with Crippen LogP contribution in [0, 0.1) is 0 Å². The van der Waals surface area contributed by atoms with Crippen LogP contribution in [0.3, 0.4) is 0 Å². The van der Waals surface area contributed by atoms with Crippen molar-refractivity contribution in [2.75, 3.05) is 0 Å². The zero-order chi connectivity index (χ0) is 22.5. The zero-order valence-electron chi connectivity index (χ0n) is 19.4. The van der Waals surface area contributed by atoms with Crippen molar-refractivity contribution in [3.8, 4) is 34.1 Å². The van der Waals surface area contributed by atoms with Gasteiger partial charge in [-0.05, 0) is 56.5 Å². The van der Waals surface area contributed by atoms with Gasteiger partial charge in [0.05, 0.1) is 11.2 Å². The Balaban J connectivity index is 1.62. The summed E-state index contributed by atoms with van der Waals surface area (Å²) in [5.74, 6) is 2.83. The zero-order valence-corrected chi connectivity index (χ0v) is 19.4. The van der Waals surface area contributed by atoms with Gasteiger partial charge in [-0.1, -0.05) is 56.3 Å². The van der Waals surface area contributed by atoms with Crippen molar-refractivity contribution >= 4 is 12.6 Å². The van der Waals surface area contributed by atoms with Gasteiger partial charge in [0.1, 0.15) is 0 Å². The SMILES string of the molecule is CC1(C)c2ccccc2-c2c1cc(B1OC(C)(C)C(C)(C)O1)c1c2Oc2ccccc2O1. The molecule has 32 heavy (non-hydrogen) atoms. The molecule has 3 aromatic carbocycles. The minimum Gasteiger partial charge on any atom is -0.450 e. The molecule has 0 amide bonds. The van der Waals surface area contributed by atoms with Gasteiger partial charge in [-0.15, -0.1) is 0 Å². The summed E-state index contributed by atoms with van der Waals surface area (Å²) in [6.07, 6.45) is 0. The van der Waals surface area contributed by atoms with E-state index in [0.717, 1.165) is 22.5 Å². The maximum absolute atomic E-state index is 6.54. The van der Waals surface area contributed by atoms with E-state index in [1.165, 1.54) is 16.7 Å². The van der Waals surface area contributed by atoms with E-state index in [0.29, 0.717) is 11.5 Å². The van der Waals surface area contributed by atoms with Crippen molar-refractivity contribution < 1.29 is 18.8 Å². The molecular weight excluding hydrogens is 399 g/mol. The first-order chi connectivity index (χ1) is 15.1. The molecule has 2 heterocycles. The van der Waals surface area contributed by atoms with Gasteiger partial charge >= 0.3 is 7.12 Å². The summed E-state index contributed by atoms with van der Waals surface area (Å²) in [6, 6.07) is 18.5. The number of hydrogen-bond acceptors (Lipinski definition) is 4. The molecule has 2 aliphatic heterocycles. The van der Waals surface area contributed by atoms with E-state index in [-0.39, 0.29) is 5.41 Å². The fourth-order valence-corrected chi connectivity index (χ4v) is 5.00. The molecule has 0 radical (unpaired) electrons. The molecule has 0 bridgehead atoms. The van der Waals surface area contributed by atoms with Gasteiger partial charge in [-0.2, -0.15) is 0 Å². The summed E-state index contributed by atoms with van der Waals surface area (Å²) >= 11 is 0. The molecule has 0 saturated carbocycles. The second-order valence-corrected chi connectivity index (χ2v) is 10.5. The highest BCUT2D eigenvalue weighted by Gasteiger charge is 2.54. The lowest BCUT2D eigenvalue weighted by Crippen LogP contribution is -2.41. The van der Waals surface area contributed by atoms with Crippen molar-refractivity contribution in [3.05, 3.63) is 65.7 Å². The fraction of sp³-hybridized carbons (Fsp3) is 0.333. The van der Waals surface area contributed by atoms with Crippen LogP contribution in [0.5, 0.6) is 23.0 Å². The maximum atomic E-state index is 6.54. The smallest absolute Gasteiger partial charge is 0.450 e. The molecule has 5 heteroatoms. The number of hydrogen-bond donors (Lipinski definition) is 0. The van der Waals surface area contributed by atoms with Crippen LogP contribution in [0.25, 0.3) is 11.1 Å². The number of ether oxygens (including phenoxy) is 2. The van der Waals surface area contributed by atoms with Crippen LogP contribution < -0.4 is 14.9 Å². The second-order valence-electron chi connectivity index (χ2n) is 10.5. The standard InChI is InChI=1S/C27H27BO4/c1-25(2)17-12-8-7-11-16(17)22-18(25)15-19(28-31-26(3,4)27(5,6)32-28)23-24(22)30-21-14-10-9-13-20(21)29-23/h7-15H,1-6H3. The van der Waals surface area contributed by atoms with Crippen LogP contribution in [0.1, 0.15) is 52.7 Å². The minimum atomic E-state index is -0.549. The van der Waals surface area contributed by atoms with Gasteiger partial charge in [0.2, 0.25) is 0 Å². The summed E-state index contributed by atoms with van der Waals surface area (Å²) in [5, 5.41) is 0. The normalized spacial score (nSPS) is 20.5. The van der Waals surface area contributed by atoms with Crippen molar-refractivity contribution in [1.82, 2.24) is 0 Å². The molecule has 0 N–H and O–H groups in total. The fourth-order valence-electron chi connectivity index (χ4n) is 5.00. The van der Waals surface area contributed by atoms with Gasteiger partial charge in [0.25, 0.3) is 0 Å². The molecule has 1 saturated heterocycles. The molecule has 6 rings (SSSR count). The van der Waals surface area contributed by atoms with E-state index >= 15 is 0 Å². The van der Waals surface area contributed by atoms with Crippen molar-refractivity contribution in [2.24, 2.45) is 0 Å². The Bertz CT molecular complexity index is 1260. The lowest BCUT2D eigenvalue weighted by Gasteiger charge is -2.32. The number of fused-ring (bicyclic) bond motifs is 6. The summed E-state index contributed by atoms with van der Waals surface area (Å²) in [7, 11) is -0.549. The van der Waals surface area contributed by atoms with Crippen molar-refractivity contribution in [1.29, 1.82) is 0 Å². The van der Waals surface area contributed by atoms with Crippen molar-refractivity contribution in [2.45, 2.75) is 58.2 Å². The molecule has 162 valence electrons. The van der Waals surface area contributed by atoms with Crippen LogP contribution in [0.2, 0.25) is 0 Å². The molecule has 0 aromatic heterocycles. The lowest BCUT2D eigenvalue weighted by atomic mass is 9.73. The molecule has 1 fully saturated rings. The predicted octanol–water partition coefficient (Wildman–Crippen LogP) is 6.19. The van der Waals surface area contributed by atoms with Crippen LogP contribution in [-0.2, 0) is 14.7 Å². The Labute approximate surface area is 189 Å². The third-order valence-corrected chi connectivity index (χ3v) is 7.59. The lowest BCUT2D eigenvalue weighted by molar-refractivity contribution is 0.00578. The maximum Gasteiger partial charge on any atom is 0.498 e. The monoisotopic (exact) mass is 426 g/mol. The average molecular weight is 426 g/mol. The molecule has 0 spiro atoms. The number of para-hydroxylation sites is 2. The van der Waals surface area contributed by atoms with Crippen molar-refractivity contribution in [3.63, 3.8) is 0 Å². The van der Waals surface area contributed by atoms with E-state index in [1.54, 1.807) is 0 Å². The Morgan fingerprint density at radius 1 is 0.656 bits per heavy atom. The Hall–Kier alpha value is -2.76. The molecule has 4 nitrogen and oxygen atoms in total. The third kappa shape index (κ3) is 2.52. The average Bonchev–Trinajstić information content (AvgIpc) is 3.11. The summed E-state index contributed by atoms with van der Waals surface area (Å²) < 4.78 is 25.9. The molecule has 0 atom stereocenters. The van der Waals surface area contributed by atoms with E-state index in [4.69, 9.17) is 18.8 Å². The summed E-state index contributed by atoms with van der Waals surface area (Å²) in [4.78, 5) is 0.